The first kappa shape index (κ1) is 13.8. The van der Waals surface area contributed by atoms with Gasteiger partial charge in [-0.05, 0) is 6.42 Å². The summed E-state index contributed by atoms with van der Waals surface area (Å²) in [6.45, 7) is 1.46. The molecule has 0 amide bonds. The maximum Gasteiger partial charge on any atom is 0.251 e. The van der Waals surface area contributed by atoms with Gasteiger partial charge in [0.15, 0.2) is 0 Å². The lowest BCUT2D eigenvalue weighted by Gasteiger charge is -2.33. The normalized spacial score (nSPS) is 26.6. The Labute approximate surface area is 94.4 Å². The van der Waals surface area contributed by atoms with Crippen LogP contribution in [0.15, 0.2) is 0 Å². The second kappa shape index (κ2) is 7.11. The number of alkyl halides is 2. The third-order valence-electron chi connectivity index (χ3n) is 2.84. The molecule has 0 saturated carbocycles. The van der Waals surface area contributed by atoms with Crippen molar-refractivity contribution in [2.75, 3.05) is 39.5 Å². The number of rotatable bonds is 6. The number of aliphatic hydroxyl groups is 1. The number of ether oxygens (including phenoxy) is 1. The SMILES string of the molecule is NC1CCOCC1CN(CCO)CC(F)F. The van der Waals surface area contributed by atoms with Gasteiger partial charge in [-0.3, -0.25) is 4.90 Å². The van der Waals surface area contributed by atoms with Crippen LogP contribution >= 0.6 is 0 Å². The third kappa shape index (κ3) is 4.69. The molecule has 1 fully saturated rings. The molecule has 3 N–H and O–H groups in total. The Balaban J connectivity index is 2.39. The lowest BCUT2D eigenvalue weighted by molar-refractivity contribution is 0.0103. The summed E-state index contributed by atoms with van der Waals surface area (Å²) in [6, 6.07) is 0.00705. The topological polar surface area (TPSA) is 58.7 Å². The van der Waals surface area contributed by atoms with E-state index in [0.29, 0.717) is 19.8 Å². The predicted molar refractivity (Wildman–Crippen MR) is 56.4 cm³/mol. The number of halogens is 2. The van der Waals surface area contributed by atoms with E-state index in [-0.39, 0.29) is 31.7 Å². The van der Waals surface area contributed by atoms with Gasteiger partial charge in [-0.2, -0.15) is 0 Å². The second-order valence-electron chi connectivity index (χ2n) is 4.16. The van der Waals surface area contributed by atoms with Crippen LogP contribution in [0.5, 0.6) is 0 Å². The Morgan fingerprint density at radius 3 is 2.81 bits per heavy atom. The van der Waals surface area contributed by atoms with E-state index >= 15 is 0 Å². The first-order valence-electron chi connectivity index (χ1n) is 5.58. The van der Waals surface area contributed by atoms with E-state index in [1.807, 2.05) is 0 Å². The van der Waals surface area contributed by atoms with Crippen molar-refractivity contribution in [2.24, 2.45) is 11.7 Å². The average molecular weight is 238 g/mol. The van der Waals surface area contributed by atoms with Crippen molar-refractivity contribution in [3.05, 3.63) is 0 Å². The molecular weight excluding hydrogens is 218 g/mol. The fraction of sp³-hybridized carbons (Fsp3) is 1.00. The van der Waals surface area contributed by atoms with Crippen LogP contribution in [0, 0.1) is 5.92 Å². The Bertz CT molecular complexity index is 196. The van der Waals surface area contributed by atoms with Crippen LogP contribution in [0.25, 0.3) is 0 Å². The Morgan fingerprint density at radius 1 is 1.50 bits per heavy atom. The van der Waals surface area contributed by atoms with Gasteiger partial charge < -0.3 is 15.6 Å². The highest BCUT2D eigenvalue weighted by Crippen LogP contribution is 2.14. The molecule has 2 unspecified atom stereocenters. The van der Waals surface area contributed by atoms with Crippen LogP contribution < -0.4 is 5.73 Å². The smallest absolute Gasteiger partial charge is 0.251 e. The zero-order chi connectivity index (χ0) is 12.0. The third-order valence-corrected chi connectivity index (χ3v) is 2.84. The fourth-order valence-electron chi connectivity index (χ4n) is 1.93. The first-order chi connectivity index (χ1) is 7.63. The van der Waals surface area contributed by atoms with Crippen molar-refractivity contribution < 1.29 is 18.6 Å². The number of nitrogens with two attached hydrogens (primary N) is 1. The molecule has 0 radical (unpaired) electrons. The van der Waals surface area contributed by atoms with Gasteiger partial charge in [-0.1, -0.05) is 0 Å². The summed E-state index contributed by atoms with van der Waals surface area (Å²) in [7, 11) is 0. The molecule has 1 aliphatic rings. The summed E-state index contributed by atoms with van der Waals surface area (Å²) in [5, 5.41) is 8.80. The van der Waals surface area contributed by atoms with Crippen LogP contribution in [0.4, 0.5) is 8.78 Å². The molecule has 0 spiro atoms. The van der Waals surface area contributed by atoms with Gasteiger partial charge in [-0.25, -0.2) is 8.78 Å². The molecule has 0 aromatic carbocycles. The molecule has 1 aliphatic heterocycles. The zero-order valence-corrected chi connectivity index (χ0v) is 9.32. The largest absolute Gasteiger partial charge is 0.395 e. The summed E-state index contributed by atoms with van der Waals surface area (Å²) in [4.78, 5) is 1.55. The lowest BCUT2D eigenvalue weighted by atomic mass is 9.96. The van der Waals surface area contributed by atoms with Crippen molar-refractivity contribution in [3.8, 4) is 0 Å². The molecule has 0 aliphatic carbocycles. The van der Waals surface area contributed by atoms with Crippen LogP contribution in [-0.2, 0) is 4.74 Å². The molecule has 0 aromatic rings. The molecule has 0 bridgehead atoms. The minimum Gasteiger partial charge on any atom is -0.395 e. The van der Waals surface area contributed by atoms with Gasteiger partial charge in [-0.15, -0.1) is 0 Å². The van der Waals surface area contributed by atoms with Crippen LogP contribution in [0.1, 0.15) is 6.42 Å². The second-order valence-corrected chi connectivity index (χ2v) is 4.16. The van der Waals surface area contributed by atoms with Crippen molar-refractivity contribution in [2.45, 2.75) is 18.9 Å². The number of hydrogen-bond donors (Lipinski definition) is 2. The standard InChI is InChI=1S/C10H20F2N2O2/c11-10(12)6-14(2-3-15)5-8-7-16-4-1-9(8)13/h8-10,15H,1-7,13H2. The van der Waals surface area contributed by atoms with Crippen molar-refractivity contribution >= 4 is 0 Å². The molecule has 2 atom stereocenters. The minimum absolute atomic E-state index is 0.00705. The Kier molecular flexibility index (Phi) is 6.12. The van der Waals surface area contributed by atoms with E-state index < -0.39 is 6.43 Å². The Morgan fingerprint density at radius 2 is 2.25 bits per heavy atom. The minimum atomic E-state index is -2.38. The van der Waals surface area contributed by atoms with Crippen molar-refractivity contribution in [1.82, 2.24) is 4.90 Å². The van der Waals surface area contributed by atoms with Gasteiger partial charge in [0.25, 0.3) is 6.43 Å². The molecule has 96 valence electrons. The summed E-state index contributed by atoms with van der Waals surface area (Å²) < 4.78 is 29.8. The van der Waals surface area contributed by atoms with Gasteiger partial charge in [0.2, 0.25) is 0 Å². The highest BCUT2D eigenvalue weighted by atomic mass is 19.3. The molecule has 1 rings (SSSR count). The zero-order valence-electron chi connectivity index (χ0n) is 9.32. The summed E-state index contributed by atoms with van der Waals surface area (Å²) in [5.41, 5.74) is 5.90. The van der Waals surface area contributed by atoms with E-state index in [1.54, 1.807) is 4.90 Å². The van der Waals surface area contributed by atoms with E-state index in [1.165, 1.54) is 0 Å². The summed E-state index contributed by atoms with van der Waals surface area (Å²) in [6.07, 6.45) is -1.61. The molecule has 0 aromatic heterocycles. The monoisotopic (exact) mass is 238 g/mol. The molecule has 1 saturated heterocycles. The summed E-state index contributed by atoms with van der Waals surface area (Å²) in [5.74, 6) is 0.0825. The molecule has 1 heterocycles. The highest BCUT2D eigenvalue weighted by molar-refractivity contribution is 4.79. The van der Waals surface area contributed by atoms with E-state index in [2.05, 4.69) is 0 Å². The average Bonchev–Trinajstić information content (AvgIpc) is 2.21. The number of hydrogen-bond acceptors (Lipinski definition) is 4. The summed E-state index contributed by atoms with van der Waals surface area (Å²) >= 11 is 0. The number of aliphatic hydroxyl groups excluding tert-OH is 1. The number of nitrogens with zero attached hydrogens (tertiary/aromatic N) is 1. The van der Waals surface area contributed by atoms with Crippen molar-refractivity contribution in [1.29, 1.82) is 0 Å². The van der Waals surface area contributed by atoms with Gasteiger partial charge >= 0.3 is 0 Å². The van der Waals surface area contributed by atoms with Crippen LogP contribution in [-0.4, -0.2) is 61.9 Å². The lowest BCUT2D eigenvalue weighted by Crippen LogP contribution is -2.46. The van der Waals surface area contributed by atoms with Crippen LogP contribution in [0.3, 0.4) is 0 Å². The highest BCUT2D eigenvalue weighted by Gasteiger charge is 2.25. The van der Waals surface area contributed by atoms with E-state index in [4.69, 9.17) is 15.6 Å². The molecular formula is C10H20F2N2O2. The fourth-order valence-corrected chi connectivity index (χ4v) is 1.93. The van der Waals surface area contributed by atoms with Gasteiger partial charge in [0.05, 0.1) is 19.8 Å². The maximum atomic E-state index is 12.3. The van der Waals surface area contributed by atoms with E-state index in [0.717, 1.165) is 6.42 Å². The van der Waals surface area contributed by atoms with Gasteiger partial charge in [0, 0.05) is 31.7 Å². The van der Waals surface area contributed by atoms with Crippen molar-refractivity contribution in [3.63, 3.8) is 0 Å². The molecule has 4 nitrogen and oxygen atoms in total. The van der Waals surface area contributed by atoms with Gasteiger partial charge in [0.1, 0.15) is 0 Å². The Hall–Kier alpha value is -0.300. The molecule has 16 heavy (non-hydrogen) atoms. The quantitative estimate of drug-likeness (QED) is 0.679. The first-order valence-corrected chi connectivity index (χ1v) is 5.58. The maximum absolute atomic E-state index is 12.3. The predicted octanol–water partition coefficient (Wildman–Crippen LogP) is -0.0904. The van der Waals surface area contributed by atoms with Crippen LogP contribution in [0.2, 0.25) is 0 Å². The van der Waals surface area contributed by atoms with E-state index in [9.17, 15) is 8.78 Å². The molecule has 6 heteroatoms.